The van der Waals surface area contributed by atoms with Gasteiger partial charge in [0, 0.05) is 6.07 Å². The molecule has 0 bridgehead atoms. The van der Waals surface area contributed by atoms with Crippen LogP contribution in [0.15, 0.2) is 18.2 Å². The van der Waals surface area contributed by atoms with Gasteiger partial charge in [0.1, 0.15) is 12.1 Å². The van der Waals surface area contributed by atoms with Crippen LogP contribution < -0.4 is 10.1 Å². The lowest BCUT2D eigenvalue weighted by molar-refractivity contribution is -0.385. The van der Waals surface area contributed by atoms with E-state index in [2.05, 4.69) is 11.4 Å². The molecule has 0 aliphatic heterocycles. The van der Waals surface area contributed by atoms with Gasteiger partial charge in [-0.2, -0.15) is 10.5 Å². The summed E-state index contributed by atoms with van der Waals surface area (Å²) < 4.78 is 5.37. The van der Waals surface area contributed by atoms with Crippen LogP contribution in [-0.4, -0.2) is 23.6 Å². The smallest absolute Gasteiger partial charge is 0.312 e. The molecule has 1 aromatic rings. The van der Waals surface area contributed by atoms with E-state index in [-0.39, 0.29) is 23.6 Å². The first-order valence-electron chi connectivity index (χ1n) is 5.93. The van der Waals surface area contributed by atoms with E-state index in [0.717, 1.165) is 6.07 Å². The maximum atomic E-state index is 10.9. The molecular weight excluding hydrogens is 260 g/mol. The zero-order chi connectivity index (χ0) is 15.2. The van der Waals surface area contributed by atoms with E-state index in [1.54, 1.807) is 6.92 Å². The highest BCUT2D eigenvalue weighted by Crippen LogP contribution is 2.28. The molecule has 104 valence electrons. The number of nitriles is 2. The van der Waals surface area contributed by atoms with Crippen LogP contribution in [0.1, 0.15) is 19.4 Å². The minimum Gasteiger partial charge on any atom is -0.484 e. The van der Waals surface area contributed by atoms with Crippen molar-refractivity contribution in [1.82, 2.24) is 5.32 Å². The first-order valence-corrected chi connectivity index (χ1v) is 5.93. The molecule has 0 radical (unpaired) electrons. The third kappa shape index (κ3) is 3.67. The van der Waals surface area contributed by atoms with Gasteiger partial charge in [0.05, 0.1) is 22.6 Å². The fourth-order valence-corrected chi connectivity index (χ4v) is 1.59. The second kappa shape index (κ2) is 6.50. The average molecular weight is 274 g/mol. The van der Waals surface area contributed by atoms with Crippen LogP contribution in [0.4, 0.5) is 5.69 Å². The van der Waals surface area contributed by atoms with Gasteiger partial charge in [0.2, 0.25) is 0 Å². The van der Waals surface area contributed by atoms with E-state index < -0.39 is 10.5 Å². The molecule has 0 fully saturated rings. The number of nitrogens with one attached hydrogen (secondary N) is 1. The van der Waals surface area contributed by atoms with Crippen LogP contribution in [0.2, 0.25) is 0 Å². The van der Waals surface area contributed by atoms with Crippen molar-refractivity contribution >= 4 is 5.69 Å². The number of nitro benzene ring substituents is 1. The Labute approximate surface area is 116 Å². The van der Waals surface area contributed by atoms with E-state index in [9.17, 15) is 10.1 Å². The largest absolute Gasteiger partial charge is 0.484 e. The SMILES string of the molecule is CCNC(C)(C#N)COc1ccc(C#N)cc1[N+](=O)[O-]. The summed E-state index contributed by atoms with van der Waals surface area (Å²) in [5.41, 5.74) is -1.05. The van der Waals surface area contributed by atoms with Crippen LogP contribution in [0.25, 0.3) is 0 Å². The molecule has 1 atom stereocenters. The van der Waals surface area contributed by atoms with Crippen molar-refractivity contribution in [3.8, 4) is 17.9 Å². The Balaban J connectivity index is 2.96. The van der Waals surface area contributed by atoms with Gasteiger partial charge >= 0.3 is 5.69 Å². The Morgan fingerprint density at radius 2 is 2.20 bits per heavy atom. The van der Waals surface area contributed by atoms with E-state index >= 15 is 0 Å². The molecule has 7 heteroatoms. The Morgan fingerprint density at radius 3 is 2.70 bits per heavy atom. The highest BCUT2D eigenvalue weighted by molar-refractivity contribution is 5.51. The van der Waals surface area contributed by atoms with Crippen LogP contribution in [0, 0.1) is 32.8 Å². The van der Waals surface area contributed by atoms with Crippen LogP contribution in [0.3, 0.4) is 0 Å². The molecule has 7 nitrogen and oxygen atoms in total. The topological polar surface area (TPSA) is 112 Å². The lowest BCUT2D eigenvalue weighted by Gasteiger charge is -2.22. The van der Waals surface area contributed by atoms with Crippen molar-refractivity contribution in [2.24, 2.45) is 0 Å². The standard InChI is InChI=1S/C13H14N4O3/c1-3-16-13(2,8-15)9-20-12-5-4-10(7-14)6-11(12)17(18)19/h4-6,16H,3,9H2,1-2H3. The zero-order valence-corrected chi connectivity index (χ0v) is 11.2. The van der Waals surface area contributed by atoms with Gasteiger partial charge in [-0.05, 0) is 25.6 Å². The fraction of sp³-hybridized carbons (Fsp3) is 0.385. The summed E-state index contributed by atoms with van der Waals surface area (Å²) in [6.07, 6.45) is 0. The molecule has 0 saturated carbocycles. The molecular formula is C13H14N4O3. The molecule has 20 heavy (non-hydrogen) atoms. The molecule has 0 spiro atoms. The normalized spacial score (nSPS) is 12.8. The van der Waals surface area contributed by atoms with Crippen molar-refractivity contribution in [3.63, 3.8) is 0 Å². The maximum absolute atomic E-state index is 10.9. The summed E-state index contributed by atoms with van der Waals surface area (Å²) in [7, 11) is 0. The predicted molar refractivity (Wildman–Crippen MR) is 71.0 cm³/mol. The van der Waals surface area contributed by atoms with Crippen molar-refractivity contribution in [1.29, 1.82) is 10.5 Å². The highest BCUT2D eigenvalue weighted by atomic mass is 16.6. The van der Waals surface area contributed by atoms with Gasteiger partial charge in [-0.15, -0.1) is 0 Å². The van der Waals surface area contributed by atoms with Crippen LogP contribution >= 0.6 is 0 Å². The van der Waals surface area contributed by atoms with Gasteiger partial charge in [0.25, 0.3) is 0 Å². The lowest BCUT2D eigenvalue weighted by Crippen LogP contribution is -2.46. The number of hydrogen-bond acceptors (Lipinski definition) is 6. The molecule has 0 saturated heterocycles. The molecule has 0 amide bonds. The molecule has 0 aliphatic carbocycles. The summed E-state index contributed by atoms with van der Waals surface area (Å²) in [6.45, 7) is 4.03. The summed E-state index contributed by atoms with van der Waals surface area (Å²) in [5, 5.41) is 31.7. The molecule has 0 aliphatic rings. The summed E-state index contributed by atoms with van der Waals surface area (Å²) in [5.74, 6) is 0.0355. The van der Waals surface area contributed by atoms with Crippen molar-refractivity contribution in [2.45, 2.75) is 19.4 Å². The highest BCUT2D eigenvalue weighted by Gasteiger charge is 2.25. The zero-order valence-electron chi connectivity index (χ0n) is 11.2. The van der Waals surface area contributed by atoms with Crippen molar-refractivity contribution in [3.05, 3.63) is 33.9 Å². The maximum Gasteiger partial charge on any atom is 0.312 e. The molecule has 1 unspecified atom stereocenters. The Morgan fingerprint density at radius 1 is 1.50 bits per heavy atom. The fourth-order valence-electron chi connectivity index (χ4n) is 1.59. The molecule has 1 N–H and O–H groups in total. The number of benzene rings is 1. The van der Waals surface area contributed by atoms with Crippen LogP contribution in [0.5, 0.6) is 5.75 Å². The third-order valence-corrected chi connectivity index (χ3v) is 2.61. The van der Waals surface area contributed by atoms with Gasteiger partial charge in [-0.25, -0.2) is 0 Å². The summed E-state index contributed by atoms with van der Waals surface area (Å²) in [4.78, 5) is 10.3. The van der Waals surface area contributed by atoms with Gasteiger partial charge in [-0.3, -0.25) is 15.4 Å². The van der Waals surface area contributed by atoms with Gasteiger partial charge in [-0.1, -0.05) is 6.92 Å². The minimum atomic E-state index is -0.934. The first-order chi connectivity index (χ1) is 9.45. The average Bonchev–Trinajstić information content (AvgIpc) is 2.45. The third-order valence-electron chi connectivity index (χ3n) is 2.61. The number of rotatable bonds is 6. The number of nitrogens with zero attached hydrogens (tertiary/aromatic N) is 3. The van der Waals surface area contributed by atoms with Crippen LogP contribution in [-0.2, 0) is 0 Å². The number of hydrogen-bond donors (Lipinski definition) is 1. The molecule has 1 aromatic carbocycles. The molecule has 0 aromatic heterocycles. The van der Waals surface area contributed by atoms with Crippen molar-refractivity contribution in [2.75, 3.05) is 13.2 Å². The second-order valence-electron chi connectivity index (χ2n) is 4.31. The van der Waals surface area contributed by atoms with Gasteiger partial charge < -0.3 is 4.74 Å². The predicted octanol–water partition coefficient (Wildman–Crippen LogP) is 1.74. The number of likely N-dealkylation sites (N-methyl/N-ethyl adjacent to an activating group) is 1. The molecule has 0 heterocycles. The van der Waals surface area contributed by atoms with E-state index in [1.165, 1.54) is 12.1 Å². The van der Waals surface area contributed by atoms with Gasteiger partial charge in [0.15, 0.2) is 5.75 Å². The summed E-state index contributed by atoms with van der Waals surface area (Å²) in [6, 6.07) is 7.83. The van der Waals surface area contributed by atoms with E-state index in [0.29, 0.717) is 6.54 Å². The summed E-state index contributed by atoms with van der Waals surface area (Å²) >= 11 is 0. The van der Waals surface area contributed by atoms with Crippen molar-refractivity contribution < 1.29 is 9.66 Å². The van der Waals surface area contributed by atoms with E-state index in [1.807, 2.05) is 13.0 Å². The van der Waals surface area contributed by atoms with E-state index in [4.69, 9.17) is 15.3 Å². The second-order valence-corrected chi connectivity index (χ2v) is 4.31. The Kier molecular flexibility index (Phi) is 5.01. The number of ether oxygens (including phenoxy) is 1. The monoisotopic (exact) mass is 274 g/mol. The quantitative estimate of drug-likeness (QED) is 0.624. The Hall–Kier alpha value is -2.64. The number of nitro groups is 1. The molecule has 1 rings (SSSR count). The minimum absolute atomic E-state index is 0.0355. The lowest BCUT2D eigenvalue weighted by atomic mass is 10.1. The Bertz CT molecular complexity index is 588. The first kappa shape index (κ1) is 15.4.